The van der Waals surface area contributed by atoms with Crippen molar-refractivity contribution in [3.8, 4) is 0 Å². The number of carbonyl (C=O) groups is 3. The van der Waals surface area contributed by atoms with Gasteiger partial charge in [-0.3, -0.25) is 14.7 Å². The number of fused-ring (bicyclic) bond motifs is 1. The SMILES string of the molecule is N[C@H](Cc1ccc(Br)cc1)C(=O)N1CC[C@H](C(=O)Nc2ccc3[nH]ncc3c2)C1.O=C(O)C(F)(F)F. The Labute approximate surface area is 212 Å². The zero-order chi connectivity index (χ0) is 26.5. The number of likely N-dealkylation sites (tertiary alicyclic amines) is 1. The van der Waals surface area contributed by atoms with Gasteiger partial charge in [-0.15, -0.1) is 0 Å². The molecule has 36 heavy (non-hydrogen) atoms. The van der Waals surface area contributed by atoms with E-state index >= 15 is 0 Å². The van der Waals surface area contributed by atoms with Gasteiger partial charge in [0, 0.05) is 28.6 Å². The Kier molecular flexibility index (Phi) is 8.69. The number of H-pyrrole nitrogens is 1. The van der Waals surface area contributed by atoms with Gasteiger partial charge in [-0.05, 0) is 48.7 Å². The third kappa shape index (κ3) is 7.28. The number of halogens is 4. The number of carboxylic acids is 1. The van der Waals surface area contributed by atoms with E-state index in [1.165, 1.54) is 0 Å². The maximum absolute atomic E-state index is 12.7. The summed E-state index contributed by atoms with van der Waals surface area (Å²) in [4.78, 5) is 35.9. The van der Waals surface area contributed by atoms with E-state index in [9.17, 15) is 22.8 Å². The van der Waals surface area contributed by atoms with Gasteiger partial charge in [-0.25, -0.2) is 4.79 Å². The molecule has 0 radical (unpaired) electrons. The van der Waals surface area contributed by atoms with Crippen molar-refractivity contribution in [3.05, 3.63) is 58.7 Å². The van der Waals surface area contributed by atoms with E-state index in [4.69, 9.17) is 15.6 Å². The molecule has 0 unspecified atom stereocenters. The number of nitrogens with one attached hydrogen (secondary N) is 2. The molecule has 2 heterocycles. The number of benzene rings is 2. The molecule has 1 saturated heterocycles. The zero-order valence-corrected chi connectivity index (χ0v) is 20.3. The highest BCUT2D eigenvalue weighted by Gasteiger charge is 2.38. The molecule has 1 aliphatic rings. The van der Waals surface area contributed by atoms with Gasteiger partial charge < -0.3 is 21.1 Å². The average molecular weight is 570 g/mol. The van der Waals surface area contributed by atoms with Gasteiger partial charge in [-0.1, -0.05) is 28.1 Å². The normalized spacial score (nSPS) is 16.2. The summed E-state index contributed by atoms with van der Waals surface area (Å²) in [6.07, 6.45) is -2.26. The van der Waals surface area contributed by atoms with E-state index in [0.717, 1.165) is 26.6 Å². The predicted molar refractivity (Wildman–Crippen MR) is 129 cm³/mol. The summed E-state index contributed by atoms with van der Waals surface area (Å²) < 4.78 is 32.7. The molecular formula is C23H23BrF3N5O4. The minimum absolute atomic E-state index is 0.0791. The summed E-state index contributed by atoms with van der Waals surface area (Å²) in [5, 5.41) is 17.9. The van der Waals surface area contributed by atoms with Crippen molar-refractivity contribution in [2.24, 2.45) is 11.7 Å². The first-order chi connectivity index (χ1) is 16.9. The fourth-order valence-corrected chi connectivity index (χ4v) is 3.90. The van der Waals surface area contributed by atoms with Crippen molar-refractivity contribution < 1.29 is 32.7 Å². The Bertz CT molecular complexity index is 1230. The number of carboxylic acid groups (broad SMARTS) is 1. The fraction of sp³-hybridized carbons (Fsp3) is 0.304. The second kappa shape index (κ2) is 11.5. The molecule has 1 fully saturated rings. The number of amides is 2. The lowest BCUT2D eigenvalue weighted by molar-refractivity contribution is -0.192. The van der Waals surface area contributed by atoms with E-state index < -0.39 is 18.2 Å². The van der Waals surface area contributed by atoms with Crippen molar-refractivity contribution in [2.75, 3.05) is 18.4 Å². The summed E-state index contributed by atoms with van der Waals surface area (Å²) in [7, 11) is 0. The molecule has 0 spiro atoms. The molecule has 13 heteroatoms. The molecule has 1 aromatic heterocycles. The maximum Gasteiger partial charge on any atom is 0.490 e. The molecule has 0 bridgehead atoms. The number of aromatic amines is 1. The van der Waals surface area contributed by atoms with Crippen LogP contribution in [0.15, 0.2) is 53.1 Å². The number of hydrogen-bond acceptors (Lipinski definition) is 5. The Morgan fingerprint density at radius 3 is 2.53 bits per heavy atom. The Balaban J connectivity index is 0.000000454. The number of carbonyl (C=O) groups excluding carboxylic acids is 2. The molecule has 3 aromatic rings. The van der Waals surface area contributed by atoms with E-state index in [2.05, 4.69) is 31.4 Å². The smallest absolute Gasteiger partial charge is 0.475 e. The number of anilines is 1. The standard InChI is InChI=1S/C21H22BrN5O2.C2HF3O2/c22-16-3-1-13(2-4-16)9-18(23)21(29)27-8-7-14(12-27)20(28)25-17-5-6-19-15(10-17)11-24-26-19;3-2(4,5)1(6)7/h1-6,10-11,14,18H,7-9,12,23H2,(H,24,26)(H,25,28);(H,6,7)/t14-,18+;/m0./s1. The van der Waals surface area contributed by atoms with Gasteiger partial charge in [0.25, 0.3) is 0 Å². The van der Waals surface area contributed by atoms with E-state index in [-0.39, 0.29) is 17.7 Å². The maximum atomic E-state index is 12.7. The first kappa shape index (κ1) is 27.1. The highest BCUT2D eigenvalue weighted by atomic mass is 79.9. The number of nitrogens with two attached hydrogens (primary N) is 1. The van der Waals surface area contributed by atoms with Crippen LogP contribution in [0, 0.1) is 5.92 Å². The van der Waals surface area contributed by atoms with Crippen molar-refractivity contribution in [1.29, 1.82) is 0 Å². The van der Waals surface area contributed by atoms with Crippen molar-refractivity contribution in [3.63, 3.8) is 0 Å². The van der Waals surface area contributed by atoms with Gasteiger partial charge in [0.15, 0.2) is 0 Å². The van der Waals surface area contributed by atoms with E-state index in [1.807, 2.05) is 42.5 Å². The molecule has 2 aromatic carbocycles. The topological polar surface area (TPSA) is 141 Å². The van der Waals surface area contributed by atoms with Crippen LogP contribution in [0.5, 0.6) is 0 Å². The minimum atomic E-state index is -5.08. The Morgan fingerprint density at radius 1 is 1.22 bits per heavy atom. The second-order valence-electron chi connectivity index (χ2n) is 8.17. The number of hydrogen-bond donors (Lipinski definition) is 4. The van der Waals surface area contributed by atoms with Gasteiger partial charge in [0.05, 0.1) is 23.7 Å². The summed E-state index contributed by atoms with van der Waals surface area (Å²) in [6, 6.07) is 12.8. The van der Waals surface area contributed by atoms with E-state index in [1.54, 1.807) is 11.1 Å². The molecule has 2 amide bonds. The first-order valence-corrected chi connectivity index (χ1v) is 11.6. The Hall–Kier alpha value is -3.45. The lowest BCUT2D eigenvalue weighted by Gasteiger charge is -2.21. The minimum Gasteiger partial charge on any atom is -0.475 e. The van der Waals surface area contributed by atoms with Gasteiger partial charge in [0.2, 0.25) is 11.8 Å². The van der Waals surface area contributed by atoms with Gasteiger partial charge >= 0.3 is 12.1 Å². The van der Waals surface area contributed by atoms with Crippen LogP contribution in [-0.4, -0.2) is 63.3 Å². The molecule has 0 aliphatic carbocycles. The molecule has 4 rings (SSSR count). The van der Waals surface area contributed by atoms with Crippen LogP contribution in [0.25, 0.3) is 10.9 Å². The number of alkyl halides is 3. The number of nitrogens with zero attached hydrogens (tertiary/aromatic N) is 2. The molecule has 5 N–H and O–H groups in total. The third-order valence-electron chi connectivity index (χ3n) is 5.51. The molecule has 0 saturated carbocycles. The lowest BCUT2D eigenvalue weighted by atomic mass is 10.1. The molecule has 192 valence electrons. The first-order valence-electron chi connectivity index (χ1n) is 10.8. The monoisotopic (exact) mass is 569 g/mol. The zero-order valence-electron chi connectivity index (χ0n) is 18.8. The van der Waals surface area contributed by atoms with Crippen LogP contribution in [-0.2, 0) is 20.8 Å². The second-order valence-corrected chi connectivity index (χ2v) is 9.09. The highest BCUT2D eigenvalue weighted by molar-refractivity contribution is 9.10. The third-order valence-corrected chi connectivity index (χ3v) is 6.04. The summed E-state index contributed by atoms with van der Waals surface area (Å²) in [6.45, 7) is 0.943. The number of rotatable bonds is 5. The number of aliphatic carboxylic acids is 1. The van der Waals surface area contributed by atoms with E-state index in [0.29, 0.717) is 25.9 Å². The summed E-state index contributed by atoms with van der Waals surface area (Å²) in [5.41, 5.74) is 8.79. The van der Waals surface area contributed by atoms with Crippen LogP contribution in [0.3, 0.4) is 0 Å². The average Bonchev–Trinajstić information content (AvgIpc) is 3.49. The van der Waals surface area contributed by atoms with Crippen LogP contribution < -0.4 is 11.1 Å². The van der Waals surface area contributed by atoms with Crippen LogP contribution in [0.2, 0.25) is 0 Å². The van der Waals surface area contributed by atoms with Crippen molar-refractivity contribution in [1.82, 2.24) is 15.1 Å². The number of aromatic nitrogens is 2. The van der Waals surface area contributed by atoms with Crippen molar-refractivity contribution >= 4 is 50.3 Å². The van der Waals surface area contributed by atoms with Crippen LogP contribution in [0.4, 0.5) is 18.9 Å². The highest BCUT2D eigenvalue weighted by Crippen LogP contribution is 2.22. The predicted octanol–water partition coefficient (Wildman–Crippen LogP) is 3.32. The summed E-state index contributed by atoms with van der Waals surface area (Å²) in [5.74, 6) is -3.18. The molecule has 9 nitrogen and oxygen atoms in total. The van der Waals surface area contributed by atoms with Gasteiger partial charge in [-0.2, -0.15) is 18.3 Å². The molecule has 2 atom stereocenters. The Morgan fingerprint density at radius 2 is 1.89 bits per heavy atom. The largest absolute Gasteiger partial charge is 0.490 e. The lowest BCUT2D eigenvalue weighted by Crippen LogP contribution is -2.44. The molecular weight excluding hydrogens is 547 g/mol. The van der Waals surface area contributed by atoms with Gasteiger partial charge in [0.1, 0.15) is 0 Å². The van der Waals surface area contributed by atoms with Crippen LogP contribution in [0.1, 0.15) is 12.0 Å². The van der Waals surface area contributed by atoms with Crippen molar-refractivity contribution in [2.45, 2.75) is 25.1 Å². The molecule has 1 aliphatic heterocycles. The fourth-order valence-electron chi connectivity index (χ4n) is 3.64. The van der Waals surface area contributed by atoms with Crippen LogP contribution >= 0.6 is 15.9 Å². The summed E-state index contributed by atoms with van der Waals surface area (Å²) >= 11 is 3.40. The quantitative estimate of drug-likeness (QED) is 0.371.